The monoisotopic (exact) mass is 282 g/mol. The van der Waals surface area contributed by atoms with Gasteiger partial charge in [-0.1, -0.05) is 12.1 Å². The number of carbonyl (C=O) groups excluding carboxylic acids is 2. The van der Waals surface area contributed by atoms with Crippen LogP contribution < -0.4 is 16.4 Å². The number of hydrogen-bond donors (Lipinski definition) is 3. The van der Waals surface area contributed by atoms with E-state index in [1.165, 1.54) is 4.68 Å². The van der Waals surface area contributed by atoms with Crippen molar-refractivity contribution < 1.29 is 9.59 Å². The molecule has 1 rings (SSSR count). The van der Waals surface area contributed by atoms with Crippen molar-refractivity contribution in [1.82, 2.24) is 25.6 Å². The molecule has 2 unspecified atom stereocenters. The summed E-state index contributed by atoms with van der Waals surface area (Å²) in [5.41, 5.74) is 5.76. The predicted molar refractivity (Wildman–Crippen MR) is 73.5 cm³/mol. The first-order valence-corrected chi connectivity index (χ1v) is 6.65. The lowest BCUT2D eigenvalue weighted by molar-refractivity contribution is -0.124. The molecule has 8 nitrogen and oxygen atoms in total. The van der Waals surface area contributed by atoms with Gasteiger partial charge in [0, 0.05) is 6.04 Å². The normalized spacial score (nSPS) is 13.6. The minimum atomic E-state index is -0.449. The van der Waals surface area contributed by atoms with Gasteiger partial charge in [0.1, 0.15) is 11.7 Å². The summed E-state index contributed by atoms with van der Waals surface area (Å²) < 4.78 is 1.47. The van der Waals surface area contributed by atoms with Crippen molar-refractivity contribution in [2.75, 3.05) is 6.54 Å². The van der Waals surface area contributed by atoms with Gasteiger partial charge in [-0.15, -0.1) is 5.10 Å². The molecule has 1 aromatic rings. The zero-order chi connectivity index (χ0) is 15.1. The zero-order valence-corrected chi connectivity index (χ0v) is 12.1. The maximum atomic E-state index is 11.9. The average molecular weight is 282 g/mol. The highest BCUT2D eigenvalue weighted by Gasteiger charge is 2.18. The summed E-state index contributed by atoms with van der Waals surface area (Å²) in [6.45, 7) is 5.87. The molecule has 0 saturated carbocycles. The van der Waals surface area contributed by atoms with Gasteiger partial charge >= 0.3 is 0 Å². The SMILES string of the molecule is CCC(C)NC(=O)C(C)n1cc(CNC(=O)CN)nn1. The van der Waals surface area contributed by atoms with E-state index in [1.54, 1.807) is 13.1 Å². The second-order valence-corrected chi connectivity index (χ2v) is 4.66. The lowest BCUT2D eigenvalue weighted by Gasteiger charge is -2.15. The van der Waals surface area contributed by atoms with Crippen LogP contribution in [0.4, 0.5) is 0 Å². The lowest BCUT2D eigenvalue weighted by Crippen LogP contribution is -2.37. The number of nitrogens with one attached hydrogen (secondary N) is 2. The first-order valence-electron chi connectivity index (χ1n) is 6.65. The van der Waals surface area contributed by atoms with Crippen molar-refractivity contribution in [3.05, 3.63) is 11.9 Å². The van der Waals surface area contributed by atoms with Crippen molar-refractivity contribution in [3.63, 3.8) is 0 Å². The van der Waals surface area contributed by atoms with Gasteiger partial charge in [0.25, 0.3) is 0 Å². The molecule has 0 aromatic carbocycles. The molecular formula is C12H22N6O2. The fraction of sp³-hybridized carbons (Fsp3) is 0.667. The number of nitrogens with two attached hydrogens (primary N) is 1. The second kappa shape index (κ2) is 7.59. The van der Waals surface area contributed by atoms with Crippen LogP contribution >= 0.6 is 0 Å². The number of rotatable bonds is 7. The van der Waals surface area contributed by atoms with Gasteiger partial charge in [0.05, 0.1) is 19.3 Å². The van der Waals surface area contributed by atoms with Crippen molar-refractivity contribution in [3.8, 4) is 0 Å². The highest BCUT2D eigenvalue weighted by atomic mass is 16.2. The minimum absolute atomic E-state index is 0.0676. The van der Waals surface area contributed by atoms with Crippen LogP contribution in [0.25, 0.3) is 0 Å². The van der Waals surface area contributed by atoms with E-state index in [-0.39, 0.29) is 30.9 Å². The lowest BCUT2D eigenvalue weighted by atomic mass is 10.2. The van der Waals surface area contributed by atoms with E-state index >= 15 is 0 Å². The maximum Gasteiger partial charge on any atom is 0.244 e. The van der Waals surface area contributed by atoms with Gasteiger partial charge < -0.3 is 16.4 Å². The zero-order valence-electron chi connectivity index (χ0n) is 12.1. The molecule has 2 amide bonds. The van der Waals surface area contributed by atoms with Crippen molar-refractivity contribution in [2.24, 2.45) is 5.73 Å². The van der Waals surface area contributed by atoms with Gasteiger partial charge in [-0.2, -0.15) is 0 Å². The van der Waals surface area contributed by atoms with Gasteiger partial charge in [0.2, 0.25) is 11.8 Å². The van der Waals surface area contributed by atoms with E-state index in [0.717, 1.165) is 6.42 Å². The molecule has 0 aliphatic rings. The molecule has 20 heavy (non-hydrogen) atoms. The summed E-state index contributed by atoms with van der Waals surface area (Å²) in [4.78, 5) is 23.0. The molecule has 0 aliphatic carbocycles. The fourth-order valence-corrected chi connectivity index (χ4v) is 1.43. The Kier molecular flexibility index (Phi) is 6.10. The van der Waals surface area contributed by atoms with E-state index in [2.05, 4.69) is 20.9 Å². The van der Waals surface area contributed by atoms with Gasteiger partial charge in [-0.25, -0.2) is 4.68 Å². The van der Waals surface area contributed by atoms with Gasteiger partial charge in [0.15, 0.2) is 0 Å². The van der Waals surface area contributed by atoms with Crippen LogP contribution in [0, 0.1) is 0 Å². The summed E-state index contributed by atoms with van der Waals surface area (Å²) in [6, 6.07) is -0.327. The van der Waals surface area contributed by atoms with Crippen LogP contribution in [0.2, 0.25) is 0 Å². The Morgan fingerprint density at radius 1 is 1.45 bits per heavy atom. The highest BCUT2D eigenvalue weighted by Crippen LogP contribution is 2.05. The molecule has 112 valence electrons. The molecule has 0 bridgehead atoms. The van der Waals surface area contributed by atoms with Crippen LogP contribution in [-0.4, -0.2) is 39.4 Å². The molecular weight excluding hydrogens is 260 g/mol. The van der Waals surface area contributed by atoms with Crippen LogP contribution in [0.3, 0.4) is 0 Å². The van der Waals surface area contributed by atoms with E-state index in [4.69, 9.17) is 5.73 Å². The van der Waals surface area contributed by atoms with Crippen molar-refractivity contribution in [2.45, 2.75) is 45.8 Å². The molecule has 1 heterocycles. The Balaban J connectivity index is 2.57. The summed E-state index contributed by atoms with van der Waals surface area (Å²) in [6.07, 6.45) is 2.50. The van der Waals surface area contributed by atoms with Crippen molar-refractivity contribution >= 4 is 11.8 Å². The van der Waals surface area contributed by atoms with Crippen LogP contribution in [0.5, 0.6) is 0 Å². The molecule has 0 spiro atoms. The van der Waals surface area contributed by atoms with Gasteiger partial charge in [-0.3, -0.25) is 9.59 Å². The maximum absolute atomic E-state index is 11.9. The summed E-state index contributed by atoms with van der Waals surface area (Å²) in [7, 11) is 0. The highest BCUT2D eigenvalue weighted by molar-refractivity contribution is 5.80. The minimum Gasteiger partial charge on any atom is -0.352 e. The molecule has 0 saturated heterocycles. The van der Waals surface area contributed by atoms with E-state index in [0.29, 0.717) is 5.69 Å². The third kappa shape index (κ3) is 4.61. The smallest absolute Gasteiger partial charge is 0.244 e. The van der Waals surface area contributed by atoms with Crippen molar-refractivity contribution in [1.29, 1.82) is 0 Å². The number of hydrogen-bond acceptors (Lipinski definition) is 5. The first kappa shape index (κ1) is 16.1. The Labute approximate surface area is 118 Å². The fourth-order valence-electron chi connectivity index (χ4n) is 1.43. The molecule has 8 heteroatoms. The Bertz CT molecular complexity index is 459. The second-order valence-electron chi connectivity index (χ2n) is 4.66. The van der Waals surface area contributed by atoms with Crippen LogP contribution in [0.15, 0.2) is 6.20 Å². The molecule has 1 aromatic heterocycles. The molecule has 4 N–H and O–H groups in total. The Morgan fingerprint density at radius 2 is 2.15 bits per heavy atom. The predicted octanol–water partition coefficient (Wildman–Crippen LogP) is -0.671. The van der Waals surface area contributed by atoms with Crippen LogP contribution in [-0.2, 0) is 16.1 Å². The Hall–Kier alpha value is -1.96. The number of nitrogens with zero attached hydrogens (tertiary/aromatic N) is 3. The first-order chi connectivity index (χ1) is 9.47. The molecule has 0 radical (unpaired) electrons. The number of carbonyl (C=O) groups is 2. The summed E-state index contributed by atoms with van der Waals surface area (Å²) in [5, 5.41) is 13.3. The summed E-state index contributed by atoms with van der Waals surface area (Å²) >= 11 is 0. The average Bonchev–Trinajstić information content (AvgIpc) is 2.92. The Morgan fingerprint density at radius 3 is 2.75 bits per heavy atom. The van der Waals surface area contributed by atoms with Crippen LogP contribution in [0.1, 0.15) is 38.9 Å². The van der Waals surface area contributed by atoms with E-state index in [1.807, 2.05) is 13.8 Å². The molecule has 0 fully saturated rings. The third-order valence-corrected chi connectivity index (χ3v) is 2.99. The molecule has 2 atom stereocenters. The topological polar surface area (TPSA) is 115 Å². The van der Waals surface area contributed by atoms with E-state index in [9.17, 15) is 9.59 Å². The largest absolute Gasteiger partial charge is 0.352 e. The van der Waals surface area contributed by atoms with Gasteiger partial charge in [-0.05, 0) is 20.3 Å². The third-order valence-electron chi connectivity index (χ3n) is 2.99. The standard InChI is InChI=1S/C12H22N6O2/c1-4-8(2)15-12(20)9(3)18-7-10(16-17-18)6-14-11(19)5-13/h7-9H,4-6,13H2,1-3H3,(H,14,19)(H,15,20). The number of aromatic nitrogens is 3. The number of amides is 2. The van der Waals surface area contributed by atoms with E-state index < -0.39 is 6.04 Å². The summed E-state index contributed by atoms with van der Waals surface area (Å²) in [5.74, 6) is -0.371. The molecule has 0 aliphatic heterocycles. The quantitative estimate of drug-likeness (QED) is 0.613.